The second kappa shape index (κ2) is 7.60. The van der Waals surface area contributed by atoms with E-state index >= 15 is 0 Å². The summed E-state index contributed by atoms with van der Waals surface area (Å²) in [5.74, 6) is -3.25. The standard InChI is InChI=1S/C20H16Cl3F2N5O2/c1-30-11-5-4-9(26-17-12(21)16(22)28-19(23)29-17)6-10(11)13-14(18(30)31)32-7-20(24,25)15(27-13)8-2-3-8/h4-6,8,15,27H,2-3,7H2,1H3,(H,26,28,29). The van der Waals surface area contributed by atoms with Gasteiger partial charge in [-0.15, -0.1) is 0 Å². The molecule has 0 amide bonds. The molecule has 0 spiro atoms. The second-order valence-electron chi connectivity index (χ2n) is 7.88. The Morgan fingerprint density at radius 3 is 2.72 bits per heavy atom. The topological polar surface area (TPSA) is 81.1 Å². The van der Waals surface area contributed by atoms with Crippen molar-refractivity contribution < 1.29 is 13.5 Å². The molecule has 1 aromatic carbocycles. The van der Waals surface area contributed by atoms with E-state index in [1.54, 1.807) is 25.2 Å². The van der Waals surface area contributed by atoms with Crippen LogP contribution in [-0.2, 0) is 7.05 Å². The van der Waals surface area contributed by atoms with Crippen molar-refractivity contribution >= 4 is 62.9 Å². The van der Waals surface area contributed by atoms with Gasteiger partial charge in [0.1, 0.15) is 5.02 Å². The fourth-order valence-corrected chi connectivity index (χ4v) is 4.41. The quantitative estimate of drug-likeness (QED) is 0.376. The minimum atomic E-state index is -3.12. The van der Waals surface area contributed by atoms with Gasteiger partial charge in [-0.3, -0.25) is 4.79 Å². The summed E-state index contributed by atoms with van der Waals surface area (Å²) in [6.45, 7) is -0.861. The maximum absolute atomic E-state index is 14.7. The number of aryl methyl sites for hydroxylation is 1. The minimum Gasteiger partial charge on any atom is -0.480 e. The van der Waals surface area contributed by atoms with Crippen molar-refractivity contribution in [2.45, 2.75) is 24.8 Å². The molecule has 0 saturated heterocycles. The van der Waals surface area contributed by atoms with Crippen molar-refractivity contribution in [2.24, 2.45) is 13.0 Å². The van der Waals surface area contributed by atoms with Gasteiger partial charge in [0.05, 0.1) is 17.2 Å². The van der Waals surface area contributed by atoms with Crippen LogP contribution in [0, 0.1) is 5.92 Å². The van der Waals surface area contributed by atoms with E-state index in [0.717, 1.165) is 0 Å². The van der Waals surface area contributed by atoms with Crippen molar-refractivity contribution in [3.05, 3.63) is 44.0 Å². The molecule has 1 unspecified atom stereocenters. The zero-order chi connectivity index (χ0) is 22.8. The zero-order valence-electron chi connectivity index (χ0n) is 16.6. The van der Waals surface area contributed by atoms with Gasteiger partial charge in [0.15, 0.2) is 17.6 Å². The molecule has 2 N–H and O–H groups in total. The van der Waals surface area contributed by atoms with E-state index in [4.69, 9.17) is 39.5 Å². The third-order valence-corrected chi connectivity index (χ3v) is 6.55. The fraction of sp³-hybridized carbons (Fsp3) is 0.350. The van der Waals surface area contributed by atoms with Gasteiger partial charge in [0.25, 0.3) is 5.56 Å². The van der Waals surface area contributed by atoms with E-state index in [2.05, 4.69) is 20.6 Å². The summed E-state index contributed by atoms with van der Waals surface area (Å²) in [5.41, 5.74) is 0.808. The number of alkyl halides is 2. The van der Waals surface area contributed by atoms with Gasteiger partial charge in [0.2, 0.25) is 11.0 Å². The molecular formula is C20H16Cl3F2N5O2. The Morgan fingerprint density at radius 2 is 2.00 bits per heavy atom. The SMILES string of the molecule is Cn1c(=O)c2c(c3cc(Nc4nc(Cl)nc(Cl)c4Cl)ccc31)NC(C1CC1)C(F)(F)CO2. The van der Waals surface area contributed by atoms with Crippen molar-refractivity contribution in [2.75, 3.05) is 17.2 Å². The molecule has 5 rings (SSSR count). The normalized spacial score (nSPS) is 19.6. The summed E-state index contributed by atoms with van der Waals surface area (Å²) in [4.78, 5) is 20.7. The third kappa shape index (κ3) is 3.62. The number of ether oxygens (including phenoxy) is 1. The molecular weight excluding hydrogens is 487 g/mol. The van der Waals surface area contributed by atoms with E-state index in [1.807, 2.05) is 0 Å². The lowest BCUT2D eigenvalue weighted by atomic mass is 10.0. The third-order valence-electron chi connectivity index (χ3n) is 5.66. The van der Waals surface area contributed by atoms with Gasteiger partial charge in [-0.2, -0.15) is 4.98 Å². The highest BCUT2D eigenvalue weighted by molar-refractivity contribution is 6.43. The zero-order valence-corrected chi connectivity index (χ0v) is 18.8. The Hall–Kier alpha value is -2.36. The number of rotatable bonds is 3. The summed E-state index contributed by atoms with van der Waals surface area (Å²) in [6, 6.07) is 3.95. The van der Waals surface area contributed by atoms with Gasteiger partial charge in [0, 0.05) is 18.1 Å². The maximum atomic E-state index is 14.7. The summed E-state index contributed by atoms with van der Waals surface area (Å²) in [5, 5.41) is 6.43. The van der Waals surface area contributed by atoms with Crippen LogP contribution in [0.3, 0.4) is 0 Å². The number of benzene rings is 1. The highest BCUT2D eigenvalue weighted by atomic mass is 35.5. The smallest absolute Gasteiger partial charge is 0.301 e. The molecule has 1 aliphatic carbocycles. The predicted molar refractivity (Wildman–Crippen MR) is 120 cm³/mol. The van der Waals surface area contributed by atoms with Crippen molar-refractivity contribution in [1.29, 1.82) is 0 Å². The first-order chi connectivity index (χ1) is 15.2. The van der Waals surface area contributed by atoms with Crippen LogP contribution in [0.4, 0.5) is 26.0 Å². The first-order valence-corrected chi connectivity index (χ1v) is 10.9. The van der Waals surface area contributed by atoms with Gasteiger partial charge in [-0.05, 0) is 48.6 Å². The summed E-state index contributed by atoms with van der Waals surface area (Å²) in [6.07, 6.45) is 1.40. The van der Waals surface area contributed by atoms with Crippen molar-refractivity contribution in [3.8, 4) is 5.75 Å². The first-order valence-electron chi connectivity index (χ1n) is 9.75. The van der Waals surface area contributed by atoms with Crippen LogP contribution >= 0.6 is 34.8 Å². The molecule has 7 nitrogen and oxygen atoms in total. The maximum Gasteiger partial charge on any atom is 0.301 e. The first kappa shape index (κ1) is 21.5. The molecule has 168 valence electrons. The second-order valence-corrected chi connectivity index (χ2v) is 8.95. The molecule has 2 aromatic heterocycles. The van der Waals surface area contributed by atoms with Crippen LogP contribution in [0.5, 0.6) is 5.75 Å². The lowest BCUT2D eigenvalue weighted by Crippen LogP contribution is -2.44. The van der Waals surface area contributed by atoms with Crippen LogP contribution in [0.2, 0.25) is 15.5 Å². The Bertz CT molecular complexity index is 1310. The molecule has 3 heterocycles. The van der Waals surface area contributed by atoms with Gasteiger partial charge < -0.3 is 19.9 Å². The average molecular weight is 503 g/mol. The lowest BCUT2D eigenvalue weighted by molar-refractivity contribution is -0.0579. The van der Waals surface area contributed by atoms with Crippen LogP contribution in [0.1, 0.15) is 12.8 Å². The molecule has 12 heteroatoms. The number of aromatic nitrogens is 3. The molecule has 1 aliphatic heterocycles. The number of halogens is 5. The number of hydrogen-bond acceptors (Lipinski definition) is 6. The molecule has 0 radical (unpaired) electrons. The van der Waals surface area contributed by atoms with Gasteiger partial charge in [-0.25, -0.2) is 13.8 Å². The summed E-state index contributed by atoms with van der Waals surface area (Å²) in [7, 11) is 1.56. The molecule has 1 fully saturated rings. The Labute approximate surface area is 195 Å². The van der Waals surface area contributed by atoms with Gasteiger partial charge in [-0.1, -0.05) is 23.2 Å². The molecule has 1 atom stereocenters. The summed E-state index contributed by atoms with van der Waals surface area (Å²) >= 11 is 18.0. The molecule has 0 bridgehead atoms. The van der Waals surface area contributed by atoms with Crippen molar-refractivity contribution in [3.63, 3.8) is 0 Å². The molecule has 1 saturated carbocycles. The van der Waals surface area contributed by atoms with Crippen LogP contribution < -0.4 is 20.9 Å². The highest BCUT2D eigenvalue weighted by Crippen LogP contribution is 2.45. The molecule has 32 heavy (non-hydrogen) atoms. The Balaban J connectivity index is 1.65. The van der Waals surface area contributed by atoms with Crippen LogP contribution in [-0.4, -0.2) is 33.1 Å². The van der Waals surface area contributed by atoms with E-state index in [1.165, 1.54) is 4.57 Å². The largest absolute Gasteiger partial charge is 0.480 e. The van der Waals surface area contributed by atoms with Gasteiger partial charge >= 0.3 is 5.92 Å². The predicted octanol–water partition coefficient (Wildman–Crippen LogP) is 5.25. The molecule has 3 aromatic rings. The van der Waals surface area contributed by atoms with E-state index in [-0.39, 0.29) is 38.6 Å². The average Bonchev–Trinajstić information content (AvgIpc) is 3.57. The summed E-state index contributed by atoms with van der Waals surface area (Å²) < 4.78 is 36.2. The molecule has 2 aliphatic rings. The number of pyridine rings is 1. The van der Waals surface area contributed by atoms with E-state index in [9.17, 15) is 13.6 Å². The Kier molecular flexibility index (Phi) is 5.11. The number of hydrogen-bond donors (Lipinski definition) is 2. The van der Waals surface area contributed by atoms with Crippen LogP contribution in [0.15, 0.2) is 23.0 Å². The monoisotopic (exact) mass is 501 g/mol. The Morgan fingerprint density at radius 1 is 1.25 bits per heavy atom. The number of nitrogens with zero attached hydrogens (tertiary/aromatic N) is 3. The van der Waals surface area contributed by atoms with E-state index in [0.29, 0.717) is 29.4 Å². The fourth-order valence-electron chi connectivity index (χ4n) is 3.90. The minimum absolute atomic E-state index is 0.0178. The van der Waals surface area contributed by atoms with Crippen molar-refractivity contribution in [1.82, 2.24) is 14.5 Å². The number of nitrogens with one attached hydrogen (secondary N) is 2. The number of fused-ring (bicyclic) bond motifs is 3. The number of anilines is 3. The van der Waals surface area contributed by atoms with Crippen LogP contribution in [0.25, 0.3) is 10.9 Å². The van der Waals surface area contributed by atoms with E-state index < -0.39 is 24.1 Å². The highest BCUT2D eigenvalue weighted by Gasteiger charge is 2.51. The lowest BCUT2D eigenvalue weighted by Gasteiger charge is -2.25.